The van der Waals surface area contributed by atoms with Crippen LogP contribution in [0.4, 0.5) is 0 Å². The predicted octanol–water partition coefficient (Wildman–Crippen LogP) is 2.13. The van der Waals surface area contributed by atoms with Gasteiger partial charge in [0.2, 0.25) is 0 Å². The van der Waals surface area contributed by atoms with Crippen LogP contribution in [0.15, 0.2) is 6.07 Å². The van der Waals surface area contributed by atoms with Gasteiger partial charge in [-0.05, 0) is 51.0 Å². The largest absolute Gasteiger partial charge is 0.393 e. The number of aryl methyl sites for hydroxylation is 1. The first-order chi connectivity index (χ1) is 11.0. The summed E-state index contributed by atoms with van der Waals surface area (Å²) in [5.41, 5.74) is 3.04. The minimum Gasteiger partial charge on any atom is -0.393 e. The monoisotopic (exact) mass is 320 g/mol. The van der Waals surface area contributed by atoms with E-state index in [0.29, 0.717) is 6.61 Å². The van der Waals surface area contributed by atoms with E-state index in [4.69, 9.17) is 4.74 Å². The van der Waals surface area contributed by atoms with Gasteiger partial charge < -0.3 is 19.3 Å². The second-order valence-electron chi connectivity index (χ2n) is 7.14. The maximum absolute atomic E-state index is 12.9. The van der Waals surface area contributed by atoms with Crippen molar-refractivity contribution in [3.8, 4) is 0 Å². The summed E-state index contributed by atoms with van der Waals surface area (Å²) in [5.74, 6) is 0.130. The van der Waals surface area contributed by atoms with Crippen LogP contribution >= 0.6 is 0 Å². The lowest BCUT2D eigenvalue weighted by molar-refractivity contribution is -0.0952. The SMILES string of the molecule is COCCn1c(C)cc(C(=O)N2CCC3(CCC3O)CC2)c1C. The molecule has 5 heteroatoms. The number of likely N-dealkylation sites (tertiary alicyclic amines) is 1. The van der Waals surface area contributed by atoms with E-state index in [9.17, 15) is 9.90 Å². The number of nitrogens with zero attached hydrogens (tertiary/aromatic N) is 2. The van der Waals surface area contributed by atoms with E-state index >= 15 is 0 Å². The van der Waals surface area contributed by atoms with E-state index in [1.807, 2.05) is 24.8 Å². The molecule has 2 aliphatic rings. The van der Waals surface area contributed by atoms with E-state index in [1.54, 1.807) is 7.11 Å². The van der Waals surface area contributed by atoms with Gasteiger partial charge in [0.1, 0.15) is 0 Å². The first kappa shape index (κ1) is 16.5. The highest BCUT2D eigenvalue weighted by Gasteiger charge is 2.47. The minimum absolute atomic E-state index is 0.103. The summed E-state index contributed by atoms with van der Waals surface area (Å²) in [7, 11) is 1.69. The third kappa shape index (κ3) is 2.81. The Hall–Kier alpha value is -1.33. The minimum atomic E-state index is -0.154. The number of aromatic nitrogens is 1. The van der Waals surface area contributed by atoms with Crippen LogP contribution in [-0.4, -0.2) is 53.4 Å². The molecule has 3 rings (SSSR count). The van der Waals surface area contributed by atoms with Crippen LogP contribution in [0.1, 0.15) is 47.4 Å². The van der Waals surface area contributed by atoms with E-state index in [0.717, 1.165) is 62.3 Å². The van der Waals surface area contributed by atoms with Gasteiger partial charge in [-0.3, -0.25) is 4.79 Å². The lowest BCUT2D eigenvalue weighted by Gasteiger charge is -2.51. The number of methoxy groups -OCH3 is 1. The molecule has 1 saturated heterocycles. The maximum atomic E-state index is 12.9. The molecule has 2 fully saturated rings. The summed E-state index contributed by atoms with van der Waals surface area (Å²) in [6, 6.07) is 2.00. The standard InChI is InChI=1S/C18H28N2O3/c1-13-12-15(14(2)20(13)10-11-23-3)17(22)19-8-6-18(7-9-19)5-4-16(18)21/h12,16,21H,4-11H2,1-3H3. The fraction of sp³-hybridized carbons (Fsp3) is 0.722. The average Bonchev–Trinajstić information content (AvgIpc) is 2.85. The summed E-state index contributed by atoms with van der Waals surface area (Å²) in [6.45, 7) is 6.99. The highest BCUT2D eigenvalue weighted by molar-refractivity contribution is 5.95. The lowest BCUT2D eigenvalue weighted by Crippen LogP contribution is -2.53. The molecule has 5 nitrogen and oxygen atoms in total. The molecule has 1 aromatic heterocycles. The molecule has 1 saturated carbocycles. The van der Waals surface area contributed by atoms with Gasteiger partial charge in [-0.1, -0.05) is 0 Å². The van der Waals surface area contributed by atoms with Crippen LogP contribution in [0, 0.1) is 19.3 Å². The number of rotatable bonds is 4. The molecule has 1 aliphatic heterocycles. The third-order valence-corrected chi connectivity index (χ3v) is 5.99. The average molecular weight is 320 g/mol. The van der Waals surface area contributed by atoms with Crippen LogP contribution in [0.2, 0.25) is 0 Å². The number of carbonyl (C=O) groups excluding carboxylic acids is 1. The predicted molar refractivity (Wildman–Crippen MR) is 88.6 cm³/mol. The molecule has 23 heavy (non-hydrogen) atoms. The van der Waals surface area contributed by atoms with Gasteiger partial charge >= 0.3 is 0 Å². The van der Waals surface area contributed by atoms with Gasteiger partial charge in [-0.2, -0.15) is 0 Å². The van der Waals surface area contributed by atoms with Gasteiger partial charge in [-0.25, -0.2) is 0 Å². The van der Waals surface area contributed by atoms with E-state index < -0.39 is 0 Å². The molecular weight excluding hydrogens is 292 g/mol. The van der Waals surface area contributed by atoms with Crippen molar-refractivity contribution < 1.29 is 14.6 Å². The van der Waals surface area contributed by atoms with Crippen molar-refractivity contribution in [2.75, 3.05) is 26.8 Å². The summed E-state index contributed by atoms with van der Waals surface area (Å²) in [5, 5.41) is 10.0. The van der Waals surface area contributed by atoms with Crippen molar-refractivity contribution in [2.24, 2.45) is 5.41 Å². The lowest BCUT2D eigenvalue weighted by atomic mass is 9.61. The van der Waals surface area contributed by atoms with Crippen molar-refractivity contribution in [1.82, 2.24) is 9.47 Å². The molecular formula is C18H28N2O3. The fourth-order valence-electron chi connectivity index (χ4n) is 4.13. The van der Waals surface area contributed by atoms with Gasteiger partial charge in [0.15, 0.2) is 0 Å². The van der Waals surface area contributed by atoms with Gasteiger partial charge in [-0.15, -0.1) is 0 Å². The zero-order chi connectivity index (χ0) is 16.6. The number of piperidine rings is 1. The highest BCUT2D eigenvalue weighted by atomic mass is 16.5. The summed E-state index contributed by atoms with van der Waals surface area (Å²) in [4.78, 5) is 14.8. The number of aliphatic hydroxyl groups is 1. The molecule has 1 N–H and O–H groups in total. The quantitative estimate of drug-likeness (QED) is 0.924. The number of ether oxygens (including phenoxy) is 1. The Morgan fingerprint density at radius 1 is 1.35 bits per heavy atom. The molecule has 2 heterocycles. The first-order valence-electron chi connectivity index (χ1n) is 8.61. The van der Waals surface area contributed by atoms with Crippen molar-refractivity contribution in [2.45, 2.75) is 52.2 Å². The van der Waals surface area contributed by atoms with Gasteiger partial charge in [0, 0.05) is 38.1 Å². The zero-order valence-electron chi connectivity index (χ0n) is 14.5. The summed E-state index contributed by atoms with van der Waals surface area (Å²) in [6.07, 6.45) is 3.75. The summed E-state index contributed by atoms with van der Waals surface area (Å²) >= 11 is 0. The van der Waals surface area contributed by atoms with Crippen LogP contribution in [-0.2, 0) is 11.3 Å². The maximum Gasteiger partial charge on any atom is 0.255 e. The summed E-state index contributed by atoms with van der Waals surface area (Å²) < 4.78 is 7.30. The normalized spacial score (nSPS) is 23.1. The Morgan fingerprint density at radius 3 is 2.57 bits per heavy atom. The number of hydrogen-bond donors (Lipinski definition) is 1. The third-order valence-electron chi connectivity index (χ3n) is 5.99. The molecule has 0 bridgehead atoms. The van der Waals surface area contributed by atoms with E-state index in [-0.39, 0.29) is 17.4 Å². The number of carbonyl (C=O) groups is 1. The Morgan fingerprint density at radius 2 is 2.04 bits per heavy atom. The second kappa shape index (κ2) is 6.29. The molecule has 1 spiro atoms. The first-order valence-corrected chi connectivity index (χ1v) is 8.61. The van der Waals surface area contributed by atoms with Crippen LogP contribution in [0.25, 0.3) is 0 Å². The van der Waals surface area contributed by atoms with Crippen LogP contribution in [0.5, 0.6) is 0 Å². The molecule has 0 aromatic carbocycles. The van der Waals surface area contributed by atoms with Crippen LogP contribution in [0.3, 0.4) is 0 Å². The molecule has 1 atom stereocenters. The highest BCUT2D eigenvalue weighted by Crippen LogP contribution is 2.49. The van der Waals surface area contributed by atoms with Gasteiger partial charge in [0.05, 0.1) is 18.3 Å². The van der Waals surface area contributed by atoms with Crippen molar-refractivity contribution >= 4 is 5.91 Å². The molecule has 1 amide bonds. The van der Waals surface area contributed by atoms with Gasteiger partial charge in [0.25, 0.3) is 5.91 Å². The molecule has 128 valence electrons. The molecule has 1 aliphatic carbocycles. The Kier molecular flexibility index (Phi) is 4.52. The number of aliphatic hydroxyl groups excluding tert-OH is 1. The van der Waals surface area contributed by atoms with Crippen molar-refractivity contribution in [3.05, 3.63) is 23.0 Å². The Labute approximate surface area is 138 Å². The Bertz CT molecular complexity index is 585. The fourth-order valence-corrected chi connectivity index (χ4v) is 4.13. The van der Waals surface area contributed by atoms with E-state index in [1.165, 1.54) is 0 Å². The number of hydrogen-bond acceptors (Lipinski definition) is 3. The van der Waals surface area contributed by atoms with Crippen LogP contribution < -0.4 is 0 Å². The topological polar surface area (TPSA) is 54.7 Å². The molecule has 1 aromatic rings. The van der Waals surface area contributed by atoms with E-state index in [2.05, 4.69) is 4.57 Å². The zero-order valence-corrected chi connectivity index (χ0v) is 14.5. The molecule has 0 radical (unpaired) electrons. The Balaban J connectivity index is 1.69. The second-order valence-corrected chi connectivity index (χ2v) is 7.14. The molecule has 1 unspecified atom stereocenters. The van der Waals surface area contributed by atoms with Crippen molar-refractivity contribution in [3.63, 3.8) is 0 Å². The van der Waals surface area contributed by atoms with Crippen molar-refractivity contribution in [1.29, 1.82) is 0 Å². The smallest absolute Gasteiger partial charge is 0.255 e. The number of amides is 1.